The number of hydrazone groups is 1. The number of nitrogens with zero attached hydrogens (tertiary/aromatic N) is 2. The van der Waals surface area contributed by atoms with Gasteiger partial charge in [-0.25, -0.2) is 8.42 Å². The summed E-state index contributed by atoms with van der Waals surface area (Å²) in [5, 5.41) is 15.8. The van der Waals surface area contributed by atoms with E-state index in [9.17, 15) is 18.5 Å². The van der Waals surface area contributed by atoms with Gasteiger partial charge < -0.3 is 4.74 Å². The van der Waals surface area contributed by atoms with Crippen LogP contribution in [-0.4, -0.2) is 26.7 Å². The van der Waals surface area contributed by atoms with Crippen LogP contribution in [0, 0.1) is 10.1 Å². The summed E-state index contributed by atoms with van der Waals surface area (Å²) < 4.78 is 33.3. The Morgan fingerprint density at radius 3 is 2.35 bits per heavy atom. The smallest absolute Gasteiger partial charge is 0.270 e. The normalized spacial score (nSPS) is 11.3. The third kappa shape index (κ3) is 5.71. The number of halogens is 1. The highest BCUT2D eigenvalue weighted by molar-refractivity contribution is 7.92. The number of nitro benzene ring substituents is 1. The summed E-state index contributed by atoms with van der Waals surface area (Å²) in [5.74, 6) is 0.553. The van der Waals surface area contributed by atoms with Crippen molar-refractivity contribution in [2.75, 3.05) is 17.3 Å². The summed E-state index contributed by atoms with van der Waals surface area (Å²) in [5.41, 5.74) is 3.31. The molecule has 0 fully saturated rings. The summed E-state index contributed by atoms with van der Waals surface area (Å²) >= 11 is 5.84. The molecule has 0 aliphatic heterocycles. The molecule has 0 radical (unpaired) electrons. The maximum absolute atomic E-state index is 13.0. The number of hydrogen-bond acceptors (Lipinski definition) is 7. The molecule has 3 rings (SSSR count). The van der Waals surface area contributed by atoms with E-state index in [0.717, 1.165) is 11.6 Å². The van der Waals surface area contributed by atoms with Gasteiger partial charge in [-0.1, -0.05) is 23.7 Å². The van der Waals surface area contributed by atoms with E-state index in [-0.39, 0.29) is 22.0 Å². The third-order valence-electron chi connectivity index (χ3n) is 4.08. The van der Waals surface area contributed by atoms with E-state index in [2.05, 4.69) is 15.2 Å². The monoisotopic (exact) mass is 460 g/mol. The minimum atomic E-state index is -4.17. The van der Waals surface area contributed by atoms with Crippen molar-refractivity contribution in [3.63, 3.8) is 0 Å². The van der Waals surface area contributed by atoms with Gasteiger partial charge in [-0.3, -0.25) is 20.3 Å². The van der Waals surface area contributed by atoms with Crippen LogP contribution >= 0.6 is 11.6 Å². The van der Waals surface area contributed by atoms with Gasteiger partial charge in [0.2, 0.25) is 0 Å². The Morgan fingerprint density at radius 2 is 1.74 bits per heavy atom. The minimum Gasteiger partial charge on any atom is -0.497 e. The van der Waals surface area contributed by atoms with Gasteiger partial charge in [-0.2, -0.15) is 5.10 Å². The molecule has 0 bridgehead atoms. The molecule has 2 N–H and O–H groups in total. The van der Waals surface area contributed by atoms with Crippen molar-refractivity contribution in [1.82, 2.24) is 0 Å². The Bertz CT molecular complexity index is 1210. The molecule has 0 aliphatic rings. The SMILES string of the molecule is COc1ccc(NS(=O)(=O)c2cc([N+](=O)[O-])ccc2NN=Cc2ccc(Cl)cc2)cc1. The standard InChI is InChI=1S/C20H17ClN4O5S/c1-30-18-9-6-16(7-10-18)24-31(28,29)20-12-17(25(26)27)8-11-19(20)23-22-13-14-2-4-15(21)5-3-14/h2-13,23-24H,1H3. The summed E-state index contributed by atoms with van der Waals surface area (Å²) in [6.07, 6.45) is 1.46. The van der Waals surface area contributed by atoms with E-state index in [0.29, 0.717) is 10.8 Å². The van der Waals surface area contributed by atoms with Gasteiger partial charge in [0.05, 0.1) is 23.9 Å². The van der Waals surface area contributed by atoms with Crippen molar-refractivity contribution in [1.29, 1.82) is 0 Å². The number of sulfonamides is 1. The first-order valence-corrected chi connectivity index (χ1v) is 10.6. The van der Waals surface area contributed by atoms with Crippen LogP contribution in [0.25, 0.3) is 0 Å². The summed E-state index contributed by atoms with van der Waals surface area (Å²) in [6.45, 7) is 0. The van der Waals surface area contributed by atoms with Crippen LogP contribution in [0.3, 0.4) is 0 Å². The van der Waals surface area contributed by atoms with Crippen LogP contribution in [0.2, 0.25) is 5.02 Å². The first-order chi connectivity index (χ1) is 14.8. The van der Waals surface area contributed by atoms with Crippen LogP contribution in [0.5, 0.6) is 5.75 Å². The average Bonchev–Trinajstić information content (AvgIpc) is 2.75. The van der Waals surface area contributed by atoms with Gasteiger partial charge in [0, 0.05) is 22.8 Å². The number of hydrogen-bond donors (Lipinski definition) is 2. The molecule has 0 unspecified atom stereocenters. The van der Waals surface area contributed by atoms with Gasteiger partial charge in [0.15, 0.2) is 0 Å². The molecule has 160 valence electrons. The molecule has 0 atom stereocenters. The predicted octanol–water partition coefficient (Wildman–Crippen LogP) is 4.50. The lowest BCUT2D eigenvalue weighted by molar-refractivity contribution is -0.385. The number of ether oxygens (including phenoxy) is 1. The highest BCUT2D eigenvalue weighted by atomic mass is 35.5. The Balaban J connectivity index is 1.91. The van der Waals surface area contributed by atoms with Crippen molar-refractivity contribution >= 4 is 44.9 Å². The molecule has 3 aromatic carbocycles. The van der Waals surface area contributed by atoms with Crippen LogP contribution < -0.4 is 14.9 Å². The average molecular weight is 461 g/mol. The molecule has 9 nitrogen and oxygen atoms in total. The second kappa shape index (κ2) is 9.45. The van der Waals surface area contributed by atoms with Gasteiger partial charge in [0.1, 0.15) is 10.6 Å². The number of non-ortho nitro benzene ring substituents is 1. The summed E-state index contributed by atoms with van der Waals surface area (Å²) in [4.78, 5) is 10.2. The molecular formula is C20H17ClN4O5S. The molecule has 0 saturated carbocycles. The zero-order valence-electron chi connectivity index (χ0n) is 16.2. The molecule has 3 aromatic rings. The van der Waals surface area contributed by atoms with Crippen molar-refractivity contribution in [3.05, 3.63) is 87.4 Å². The summed E-state index contributed by atoms with van der Waals surface area (Å²) in [6, 6.07) is 16.4. The number of nitrogens with one attached hydrogen (secondary N) is 2. The summed E-state index contributed by atoms with van der Waals surface area (Å²) in [7, 11) is -2.68. The van der Waals surface area contributed by atoms with Crippen molar-refractivity contribution in [3.8, 4) is 5.75 Å². The highest BCUT2D eigenvalue weighted by Gasteiger charge is 2.22. The van der Waals surface area contributed by atoms with Crippen LogP contribution in [0.1, 0.15) is 5.56 Å². The largest absolute Gasteiger partial charge is 0.497 e. The van der Waals surface area contributed by atoms with E-state index in [1.807, 2.05) is 0 Å². The number of methoxy groups -OCH3 is 1. The molecule has 31 heavy (non-hydrogen) atoms. The number of rotatable bonds is 8. The van der Waals surface area contributed by atoms with Crippen molar-refractivity contribution in [2.24, 2.45) is 5.10 Å². The molecule has 0 aliphatic carbocycles. The molecule has 0 aromatic heterocycles. The Morgan fingerprint density at radius 1 is 1.06 bits per heavy atom. The predicted molar refractivity (Wildman–Crippen MR) is 120 cm³/mol. The van der Waals surface area contributed by atoms with Crippen LogP contribution in [0.4, 0.5) is 17.1 Å². The molecular weight excluding hydrogens is 444 g/mol. The van der Waals surface area contributed by atoms with Gasteiger partial charge >= 0.3 is 0 Å². The van der Waals surface area contributed by atoms with Crippen molar-refractivity contribution < 1.29 is 18.1 Å². The topological polar surface area (TPSA) is 123 Å². The Labute approximate surface area is 183 Å². The zero-order chi connectivity index (χ0) is 22.4. The van der Waals surface area contributed by atoms with Crippen LogP contribution in [-0.2, 0) is 10.0 Å². The number of benzene rings is 3. The van der Waals surface area contributed by atoms with Gasteiger partial charge in [0.25, 0.3) is 15.7 Å². The number of nitro groups is 1. The maximum atomic E-state index is 13.0. The third-order valence-corrected chi connectivity index (χ3v) is 5.75. The Kier molecular flexibility index (Phi) is 6.73. The van der Waals surface area contributed by atoms with Gasteiger partial charge in [-0.15, -0.1) is 0 Å². The van der Waals surface area contributed by atoms with E-state index in [1.54, 1.807) is 36.4 Å². The molecule has 0 saturated heterocycles. The first kappa shape index (κ1) is 22.1. The fourth-order valence-electron chi connectivity index (χ4n) is 2.53. The molecule has 0 spiro atoms. The lowest BCUT2D eigenvalue weighted by Crippen LogP contribution is -2.15. The van der Waals surface area contributed by atoms with E-state index in [4.69, 9.17) is 16.3 Å². The molecule has 0 heterocycles. The van der Waals surface area contributed by atoms with E-state index >= 15 is 0 Å². The quantitative estimate of drug-likeness (QED) is 0.290. The minimum absolute atomic E-state index is 0.0665. The lowest BCUT2D eigenvalue weighted by Gasteiger charge is -2.12. The van der Waals surface area contributed by atoms with Crippen LogP contribution in [0.15, 0.2) is 76.7 Å². The number of anilines is 2. The Hall–Kier alpha value is -3.63. The first-order valence-electron chi connectivity index (χ1n) is 8.78. The fourth-order valence-corrected chi connectivity index (χ4v) is 3.90. The van der Waals surface area contributed by atoms with E-state index in [1.165, 1.54) is 37.6 Å². The van der Waals surface area contributed by atoms with E-state index < -0.39 is 14.9 Å². The fraction of sp³-hybridized carbons (Fsp3) is 0.0500. The second-order valence-corrected chi connectivity index (χ2v) is 8.28. The van der Waals surface area contributed by atoms with Crippen molar-refractivity contribution in [2.45, 2.75) is 4.90 Å². The maximum Gasteiger partial charge on any atom is 0.270 e. The second-order valence-electron chi connectivity index (χ2n) is 6.19. The molecule has 0 amide bonds. The lowest BCUT2D eigenvalue weighted by atomic mass is 10.2. The highest BCUT2D eigenvalue weighted by Crippen LogP contribution is 2.28. The zero-order valence-corrected chi connectivity index (χ0v) is 17.7. The van der Waals surface area contributed by atoms with Gasteiger partial charge in [-0.05, 0) is 48.0 Å². The molecule has 11 heteroatoms.